The highest BCUT2D eigenvalue weighted by Gasteiger charge is 2.21. The monoisotopic (exact) mass is 150 g/mol. The van der Waals surface area contributed by atoms with Gasteiger partial charge in [0.15, 0.2) is 5.79 Å². The molecule has 62 valence electrons. The molecule has 0 aromatic heterocycles. The van der Waals surface area contributed by atoms with Gasteiger partial charge in [0.1, 0.15) is 0 Å². The normalized spacial score (nSPS) is 20.1. The van der Waals surface area contributed by atoms with E-state index in [2.05, 4.69) is 4.89 Å². The van der Waals surface area contributed by atoms with Crippen LogP contribution in [0.3, 0.4) is 0 Å². The Morgan fingerprint density at radius 3 is 2.40 bits per heavy atom. The Kier molecular flexibility index (Phi) is 3.81. The maximum absolute atomic E-state index is 8.99. The fourth-order valence-electron chi connectivity index (χ4n) is 0.522. The van der Waals surface area contributed by atoms with Gasteiger partial charge in [0.25, 0.3) is 0 Å². The molecule has 0 aliphatic heterocycles. The largest absolute Gasteiger partial charge is 0.393 e. The van der Waals surface area contributed by atoms with Gasteiger partial charge in [0.05, 0.1) is 6.10 Å². The van der Waals surface area contributed by atoms with Gasteiger partial charge in [-0.2, -0.15) is 0 Å². The lowest BCUT2D eigenvalue weighted by Gasteiger charge is -2.18. The van der Waals surface area contributed by atoms with Crippen LogP contribution in [0.4, 0.5) is 0 Å². The fourth-order valence-corrected chi connectivity index (χ4v) is 0.522. The third-order valence-corrected chi connectivity index (χ3v) is 1.22. The molecule has 0 rings (SSSR count). The van der Waals surface area contributed by atoms with Crippen LogP contribution in [-0.4, -0.2) is 27.4 Å². The van der Waals surface area contributed by atoms with E-state index in [1.54, 1.807) is 6.92 Å². The van der Waals surface area contributed by atoms with E-state index in [9.17, 15) is 0 Å². The Morgan fingerprint density at radius 2 is 2.10 bits per heavy atom. The molecule has 0 amide bonds. The summed E-state index contributed by atoms with van der Waals surface area (Å²) in [5.41, 5.74) is 0. The van der Waals surface area contributed by atoms with E-state index in [4.69, 9.17) is 15.5 Å². The second-order valence-corrected chi connectivity index (χ2v) is 2.65. The zero-order chi connectivity index (χ0) is 8.20. The highest BCUT2D eigenvalue weighted by Crippen LogP contribution is 2.13. The van der Waals surface area contributed by atoms with Crippen LogP contribution in [0.5, 0.6) is 0 Å². The minimum absolute atomic E-state index is 0.209. The lowest BCUT2D eigenvalue weighted by molar-refractivity contribution is -0.387. The third kappa shape index (κ3) is 4.69. The van der Waals surface area contributed by atoms with Gasteiger partial charge in [0.2, 0.25) is 0 Å². The molecule has 4 heteroatoms. The number of rotatable bonds is 4. The molecule has 0 saturated heterocycles. The molecule has 2 atom stereocenters. The molecule has 2 unspecified atom stereocenters. The second-order valence-electron chi connectivity index (χ2n) is 2.65. The summed E-state index contributed by atoms with van der Waals surface area (Å²) in [7, 11) is 0. The molecule has 0 bridgehead atoms. The summed E-state index contributed by atoms with van der Waals surface area (Å²) in [4.78, 5) is 3.73. The van der Waals surface area contributed by atoms with Crippen molar-refractivity contribution >= 4 is 0 Å². The molecular formula is C6H14O4. The first kappa shape index (κ1) is 9.84. The Hall–Kier alpha value is -0.160. The van der Waals surface area contributed by atoms with Gasteiger partial charge < -0.3 is 10.2 Å². The first-order valence-corrected chi connectivity index (χ1v) is 3.21. The predicted octanol–water partition coefficient (Wildman–Crippen LogP) is 0.345. The molecule has 0 heterocycles. The van der Waals surface area contributed by atoms with Crippen LogP contribution in [0.15, 0.2) is 0 Å². The first-order chi connectivity index (χ1) is 4.48. The highest BCUT2D eigenvalue weighted by molar-refractivity contribution is 4.59. The Bertz CT molecular complexity index is 89.7. The van der Waals surface area contributed by atoms with Gasteiger partial charge >= 0.3 is 0 Å². The molecule has 0 saturated carbocycles. The topological polar surface area (TPSA) is 69.9 Å². The van der Waals surface area contributed by atoms with Crippen molar-refractivity contribution in [1.29, 1.82) is 0 Å². The first-order valence-electron chi connectivity index (χ1n) is 3.21. The van der Waals surface area contributed by atoms with E-state index in [1.165, 1.54) is 6.92 Å². The molecule has 0 fully saturated rings. The Morgan fingerprint density at radius 1 is 1.60 bits per heavy atom. The molecule has 4 nitrogen and oxygen atoms in total. The van der Waals surface area contributed by atoms with E-state index in [1.807, 2.05) is 0 Å². The third-order valence-electron chi connectivity index (χ3n) is 1.22. The van der Waals surface area contributed by atoms with Crippen LogP contribution >= 0.6 is 0 Å². The van der Waals surface area contributed by atoms with Crippen LogP contribution in [-0.2, 0) is 4.89 Å². The van der Waals surface area contributed by atoms with Crippen molar-refractivity contribution in [3.8, 4) is 0 Å². The predicted molar refractivity (Wildman–Crippen MR) is 35.3 cm³/mol. The summed E-state index contributed by atoms with van der Waals surface area (Å²) < 4.78 is 0. The number of hydrogen-bond donors (Lipinski definition) is 3. The van der Waals surface area contributed by atoms with Crippen molar-refractivity contribution in [2.75, 3.05) is 0 Å². The van der Waals surface area contributed by atoms with E-state index >= 15 is 0 Å². The maximum Gasteiger partial charge on any atom is 0.196 e. The molecule has 0 aliphatic rings. The average Bonchev–Trinajstić information content (AvgIpc) is 1.85. The van der Waals surface area contributed by atoms with Gasteiger partial charge in [-0.1, -0.05) is 0 Å². The van der Waals surface area contributed by atoms with E-state index in [0.29, 0.717) is 6.42 Å². The van der Waals surface area contributed by atoms with Gasteiger partial charge in [-0.3, -0.25) is 0 Å². The molecular weight excluding hydrogens is 136 g/mol. The number of hydrogen-bond acceptors (Lipinski definition) is 4. The van der Waals surface area contributed by atoms with Gasteiger partial charge in [-0.25, -0.2) is 10.1 Å². The van der Waals surface area contributed by atoms with Gasteiger partial charge in [-0.05, 0) is 20.3 Å². The van der Waals surface area contributed by atoms with E-state index in [0.717, 1.165) is 0 Å². The summed E-state index contributed by atoms with van der Waals surface area (Å²) in [5.74, 6) is -1.53. The van der Waals surface area contributed by atoms with Crippen molar-refractivity contribution in [3.05, 3.63) is 0 Å². The van der Waals surface area contributed by atoms with Crippen LogP contribution in [0.1, 0.15) is 26.7 Å². The Labute approximate surface area is 60.0 Å². The number of aliphatic hydroxyl groups excluding tert-OH is 1. The van der Waals surface area contributed by atoms with E-state index < -0.39 is 11.9 Å². The van der Waals surface area contributed by atoms with Crippen molar-refractivity contribution < 1.29 is 20.4 Å². The highest BCUT2D eigenvalue weighted by atomic mass is 17.1. The molecule has 0 spiro atoms. The van der Waals surface area contributed by atoms with Crippen LogP contribution in [0.25, 0.3) is 0 Å². The summed E-state index contributed by atoms with van der Waals surface area (Å²) >= 11 is 0. The summed E-state index contributed by atoms with van der Waals surface area (Å²) in [5, 5.41) is 25.8. The maximum atomic E-state index is 8.99. The van der Waals surface area contributed by atoms with Crippen molar-refractivity contribution in [2.45, 2.75) is 38.6 Å². The molecule has 0 aromatic rings. The molecule has 10 heavy (non-hydrogen) atoms. The van der Waals surface area contributed by atoms with Gasteiger partial charge in [-0.15, -0.1) is 0 Å². The lowest BCUT2D eigenvalue weighted by atomic mass is 10.1. The second kappa shape index (κ2) is 3.88. The van der Waals surface area contributed by atoms with Crippen molar-refractivity contribution in [3.63, 3.8) is 0 Å². The van der Waals surface area contributed by atoms with Crippen LogP contribution in [0, 0.1) is 0 Å². The van der Waals surface area contributed by atoms with Crippen molar-refractivity contribution in [1.82, 2.24) is 0 Å². The summed E-state index contributed by atoms with van der Waals surface area (Å²) in [6.07, 6.45) is 0.121. The zero-order valence-corrected chi connectivity index (χ0v) is 6.24. The van der Waals surface area contributed by atoms with Crippen LogP contribution < -0.4 is 0 Å². The summed E-state index contributed by atoms with van der Waals surface area (Å²) in [6.45, 7) is 2.93. The molecule has 0 aliphatic carbocycles. The zero-order valence-electron chi connectivity index (χ0n) is 6.24. The molecule has 3 N–H and O–H groups in total. The lowest BCUT2D eigenvalue weighted by Crippen LogP contribution is -2.27. The standard InChI is InChI=1S/C6H14O4/c1-5(7)3-4-6(2,8)10-9/h5,7-9H,3-4H2,1-2H3. The van der Waals surface area contributed by atoms with Crippen molar-refractivity contribution in [2.24, 2.45) is 0 Å². The molecule has 0 aromatic carbocycles. The van der Waals surface area contributed by atoms with Gasteiger partial charge in [0, 0.05) is 6.42 Å². The quantitative estimate of drug-likeness (QED) is 0.307. The average molecular weight is 150 g/mol. The number of aliphatic hydroxyl groups is 2. The van der Waals surface area contributed by atoms with E-state index in [-0.39, 0.29) is 6.42 Å². The SMILES string of the molecule is CC(O)CCC(C)(O)OO. The Balaban J connectivity index is 3.46. The fraction of sp³-hybridized carbons (Fsp3) is 1.00. The molecule has 0 radical (unpaired) electrons. The summed E-state index contributed by atoms with van der Waals surface area (Å²) in [6, 6.07) is 0. The smallest absolute Gasteiger partial charge is 0.196 e. The minimum Gasteiger partial charge on any atom is -0.393 e. The minimum atomic E-state index is -1.53. The van der Waals surface area contributed by atoms with Crippen LogP contribution in [0.2, 0.25) is 0 Å².